The van der Waals surface area contributed by atoms with Gasteiger partial charge in [-0.3, -0.25) is 4.99 Å². The van der Waals surface area contributed by atoms with Crippen LogP contribution < -0.4 is 10.6 Å². The van der Waals surface area contributed by atoms with Crippen molar-refractivity contribution in [3.63, 3.8) is 0 Å². The first-order valence-corrected chi connectivity index (χ1v) is 11.2. The normalized spacial score (nSPS) is 11.8. The highest BCUT2D eigenvalue weighted by molar-refractivity contribution is 14.0. The van der Waals surface area contributed by atoms with Gasteiger partial charge in [0.05, 0.1) is 23.0 Å². The van der Waals surface area contributed by atoms with Crippen LogP contribution in [0.4, 0.5) is 4.39 Å². The Balaban J connectivity index is 0.00000392. The number of rotatable bonds is 8. The van der Waals surface area contributed by atoms with Gasteiger partial charge in [-0.2, -0.15) is 0 Å². The van der Waals surface area contributed by atoms with Gasteiger partial charge >= 0.3 is 0 Å². The van der Waals surface area contributed by atoms with E-state index in [0.717, 1.165) is 23.2 Å². The molecule has 0 fully saturated rings. The van der Waals surface area contributed by atoms with E-state index in [9.17, 15) is 12.8 Å². The molecule has 0 aliphatic heterocycles. The molecule has 0 saturated carbocycles. The molecule has 1 heterocycles. The highest BCUT2D eigenvalue weighted by Crippen LogP contribution is 2.16. The number of guanidine groups is 1. The third-order valence-electron chi connectivity index (χ3n) is 3.85. The fourth-order valence-corrected chi connectivity index (χ4v) is 4.50. The number of thiazole rings is 1. The minimum atomic E-state index is -3.71. The molecule has 6 nitrogen and oxygen atoms in total. The van der Waals surface area contributed by atoms with E-state index in [-0.39, 0.29) is 41.2 Å². The molecule has 0 radical (unpaired) electrons. The number of sulfone groups is 1. The molecule has 0 atom stereocenters. The molecule has 28 heavy (non-hydrogen) atoms. The van der Waals surface area contributed by atoms with Crippen molar-refractivity contribution in [2.45, 2.75) is 32.1 Å². The van der Waals surface area contributed by atoms with Crippen LogP contribution in [0.2, 0.25) is 0 Å². The number of aliphatic imine (C=N–C) groups is 1. The second-order valence-corrected chi connectivity index (χ2v) is 9.30. The lowest BCUT2D eigenvalue weighted by Gasteiger charge is -2.11. The quantitative estimate of drug-likeness (QED) is 0.306. The molecule has 0 amide bonds. The van der Waals surface area contributed by atoms with Crippen molar-refractivity contribution in [1.29, 1.82) is 0 Å². The Morgan fingerprint density at radius 2 is 1.96 bits per heavy atom. The third-order valence-corrected chi connectivity index (χ3v) is 6.70. The fourth-order valence-electron chi connectivity index (χ4n) is 2.36. The Morgan fingerprint density at radius 1 is 1.25 bits per heavy atom. The van der Waals surface area contributed by atoms with E-state index < -0.39 is 15.7 Å². The summed E-state index contributed by atoms with van der Waals surface area (Å²) in [5.41, 5.74) is 1.05. The number of hydrogen-bond donors (Lipinski definition) is 2. The van der Waals surface area contributed by atoms with Crippen LogP contribution in [0, 0.1) is 19.7 Å². The van der Waals surface area contributed by atoms with Crippen LogP contribution in [-0.4, -0.2) is 44.7 Å². The van der Waals surface area contributed by atoms with Crippen molar-refractivity contribution in [3.05, 3.63) is 45.7 Å². The Bertz CT molecular complexity index is 881. The lowest BCUT2D eigenvalue weighted by molar-refractivity contribution is 0.567. The summed E-state index contributed by atoms with van der Waals surface area (Å²) in [6.07, 6.45) is 0.761. The Kier molecular flexibility index (Phi) is 10.3. The predicted octanol–water partition coefficient (Wildman–Crippen LogP) is 3.09. The Morgan fingerprint density at radius 3 is 2.57 bits per heavy atom. The number of aromatic nitrogens is 1. The first kappa shape index (κ1) is 24.8. The van der Waals surface area contributed by atoms with Crippen LogP contribution >= 0.6 is 35.3 Å². The van der Waals surface area contributed by atoms with Gasteiger partial charge in [-0.15, -0.1) is 35.3 Å². The molecular weight excluding hydrogens is 514 g/mol. The Hall–Kier alpha value is -1.27. The van der Waals surface area contributed by atoms with Crippen LogP contribution in [-0.2, 0) is 16.3 Å². The van der Waals surface area contributed by atoms with Crippen molar-refractivity contribution in [2.24, 2.45) is 4.99 Å². The van der Waals surface area contributed by atoms with Crippen LogP contribution in [0.1, 0.15) is 22.5 Å². The van der Waals surface area contributed by atoms with E-state index in [1.54, 1.807) is 11.3 Å². The Labute approximate surface area is 187 Å². The van der Waals surface area contributed by atoms with Gasteiger partial charge in [0.25, 0.3) is 0 Å². The van der Waals surface area contributed by atoms with Crippen molar-refractivity contribution in [2.75, 3.05) is 25.4 Å². The molecule has 0 aliphatic carbocycles. The topological polar surface area (TPSA) is 83.5 Å². The second kappa shape index (κ2) is 11.7. The molecule has 2 rings (SSSR count). The fraction of sp³-hybridized carbons (Fsp3) is 0.444. The molecule has 0 unspecified atom stereocenters. The monoisotopic (exact) mass is 540 g/mol. The molecule has 1 aromatic carbocycles. The van der Waals surface area contributed by atoms with Gasteiger partial charge in [0.1, 0.15) is 10.7 Å². The molecule has 0 aliphatic rings. The summed E-state index contributed by atoms with van der Waals surface area (Å²) in [7, 11) is -3.71. The van der Waals surface area contributed by atoms with Gasteiger partial charge in [-0.25, -0.2) is 17.8 Å². The zero-order chi connectivity index (χ0) is 19.9. The van der Waals surface area contributed by atoms with Crippen LogP contribution in [0.5, 0.6) is 0 Å². The highest BCUT2D eigenvalue weighted by Gasteiger charge is 2.18. The van der Waals surface area contributed by atoms with Gasteiger partial charge in [0.15, 0.2) is 15.8 Å². The van der Waals surface area contributed by atoms with Crippen molar-refractivity contribution >= 4 is 51.1 Å². The standard InChI is InChI=1S/C18H25FN4O2S2.HI/c1-4-20-18(21-10-9-17-23-13(2)14(3)26-17)22-11-12-27(24,25)16-8-6-5-7-15(16)19;/h5-8H,4,9-12H2,1-3H3,(H2,20,21,22);1H. The summed E-state index contributed by atoms with van der Waals surface area (Å²) in [5.74, 6) is -0.457. The number of nitrogens with zero attached hydrogens (tertiary/aromatic N) is 2. The zero-order valence-electron chi connectivity index (χ0n) is 16.2. The van der Waals surface area contributed by atoms with Gasteiger partial charge in [-0.1, -0.05) is 12.1 Å². The van der Waals surface area contributed by atoms with Crippen molar-refractivity contribution in [3.8, 4) is 0 Å². The molecule has 2 N–H and O–H groups in total. The van der Waals surface area contributed by atoms with Gasteiger partial charge in [0.2, 0.25) is 0 Å². The van der Waals surface area contributed by atoms with E-state index in [4.69, 9.17) is 0 Å². The number of nitrogens with one attached hydrogen (secondary N) is 2. The number of hydrogen-bond acceptors (Lipinski definition) is 5. The summed E-state index contributed by atoms with van der Waals surface area (Å²) in [6.45, 7) is 7.30. The molecule has 156 valence electrons. The highest BCUT2D eigenvalue weighted by atomic mass is 127. The molecular formula is C18H26FIN4O2S2. The van der Waals surface area contributed by atoms with Crippen LogP contribution in [0.15, 0.2) is 34.2 Å². The lowest BCUT2D eigenvalue weighted by Crippen LogP contribution is -2.38. The van der Waals surface area contributed by atoms with Crippen LogP contribution in [0.3, 0.4) is 0 Å². The van der Waals surface area contributed by atoms with Crippen LogP contribution in [0.25, 0.3) is 0 Å². The molecule has 10 heteroatoms. The molecule has 0 bridgehead atoms. The minimum Gasteiger partial charge on any atom is -0.357 e. The first-order valence-electron chi connectivity index (χ1n) is 8.76. The SMILES string of the molecule is CCNC(=NCCS(=O)(=O)c1ccccc1F)NCCc1nc(C)c(C)s1.I. The van der Waals surface area contributed by atoms with Crippen molar-refractivity contribution in [1.82, 2.24) is 15.6 Å². The van der Waals surface area contributed by atoms with Gasteiger partial charge in [0, 0.05) is 24.4 Å². The van der Waals surface area contributed by atoms with Crippen molar-refractivity contribution < 1.29 is 12.8 Å². The zero-order valence-corrected chi connectivity index (χ0v) is 20.1. The van der Waals surface area contributed by atoms with E-state index in [0.29, 0.717) is 19.0 Å². The molecule has 2 aromatic rings. The molecule has 0 saturated heterocycles. The predicted molar refractivity (Wildman–Crippen MR) is 123 cm³/mol. The third kappa shape index (κ3) is 7.28. The summed E-state index contributed by atoms with van der Waals surface area (Å²) in [5, 5.41) is 7.30. The summed E-state index contributed by atoms with van der Waals surface area (Å²) < 4.78 is 38.2. The summed E-state index contributed by atoms with van der Waals surface area (Å²) in [6, 6.07) is 5.39. The van der Waals surface area contributed by atoms with E-state index in [1.165, 1.54) is 23.1 Å². The maximum Gasteiger partial charge on any atom is 0.191 e. The maximum atomic E-state index is 13.7. The van der Waals surface area contributed by atoms with E-state index >= 15 is 0 Å². The molecule has 1 aromatic heterocycles. The molecule has 0 spiro atoms. The van der Waals surface area contributed by atoms with Gasteiger partial charge < -0.3 is 10.6 Å². The number of aryl methyl sites for hydroxylation is 2. The first-order chi connectivity index (χ1) is 12.8. The maximum absolute atomic E-state index is 13.7. The van der Waals surface area contributed by atoms with Gasteiger partial charge in [-0.05, 0) is 32.9 Å². The minimum absolute atomic E-state index is 0. The van der Waals surface area contributed by atoms with E-state index in [1.807, 2.05) is 20.8 Å². The van der Waals surface area contributed by atoms with E-state index in [2.05, 4.69) is 20.6 Å². The summed E-state index contributed by atoms with van der Waals surface area (Å²) in [4.78, 5) is 9.70. The largest absolute Gasteiger partial charge is 0.357 e. The number of benzene rings is 1. The summed E-state index contributed by atoms with van der Waals surface area (Å²) >= 11 is 1.67. The smallest absolute Gasteiger partial charge is 0.191 e. The average molecular weight is 540 g/mol. The number of halogens is 2. The lowest BCUT2D eigenvalue weighted by atomic mass is 10.3. The average Bonchev–Trinajstić information content (AvgIpc) is 2.93. The second-order valence-electron chi connectivity index (χ2n) is 5.94.